The minimum Gasteiger partial charge on any atom is -0.384 e. The van der Waals surface area contributed by atoms with Crippen molar-refractivity contribution < 1.29 is 9.59 Å². The van der Waals surface area contributed by atoms with E-state index in [-0.39, 0.29) is 24.4 Å². The Balaban J connectivity index is 2.23. The molecular weight excluding hydrogens is 256 g/mol. The lowest BCUT2D eigenvalue weighted by molar-refractivity contribution is -0.132. The first-order valence-electron chi connectivity index (χ1n) is 6.95. The molecule has 0 aromatic carbocycles. The van der Waals surface area contributed by atoms with Gasteiger partial charge in [0, 0.05) is 6.54 Å². The van der Waals surface area contributed by atoms with E-state index in [1.54, 1.807) is 12.4 Å². The second kappa shape index (κ2) is 6.36. The normalized spacial score (nSPS) is 18.9. The number of imide groups is 1. The first kappa shape index (κ1) is 14.3. The third-order valence-electron chi connectivity index (χ3n) is 3.28. The van der Waals surface area contributed by atoms with Crippen LogP contribution in [0, 0.1) is 0 Å². The van der Waals surface area contributed by atoms with E-state index in [9.17, 15) is 9.59 Å². The lowest BCUT2D eigenvalue weighted by atomic mass is 10.1. The molecule has 20 heavy (non-hydrogen) atoms. The fraction of sp³-hybridized carbons (Fsp3) is 0.500. The third-order valence-corrected chi connectivity index (χ3v) is 3.28. The Morgan fingerprint density at radius 2 is 2.20 bits per heavy atom. The van der Waals surface area contributed by atoms with Crippen LogP contribution in [0.5, 0.6) is 0 Å². The van der Waals surface area contributed by atoms with E-state index in [1.807, 2.05) is 17.9 Å². The highest BCUT2D eigenvalue weighted by molar-refractivity contribution is 6.04. The molecule has 0 radical (unpaired) electrons. The molecule has 1 fully saturated rings. The summed E-state index contributed by atoms with van der Waals surface area (Å²) in [7, 11) is 0. The number of hydrogen-bond donors (Lipinski definition) is 2. The molecule has 2 N–H and O–H groups in total. The van der Waals surface area contributed by atoms with Crippen molar-refractivity contribution in [3.63, 3.8) is 0 Å². The first-order chi connectivity index (χ1) is 9.65. The fourth-order valence-corrected chi connectivity index (χ4v) is 2.29. The fourth-order valence-electron chi connectivity index (χ4n) is 2.29. The van der Waals surface area contributed by atoms with Crippen LogP contribution in [0.1, 0.15) is 26.7 Å². The molecule has 1 aliphatic rings. The number of anilines is 2. The number of carbonyl (C=O) groups is 2. The highest BCUT2D eigenvalue weighted by atomic mass is 16.2. The summed E-state index contributed by atoms with van der Waals surface area (Å²) in [4.78, 5) is 29.4. The number of aromatic nitrogens is 1. The molecule has 108 valence electrons. The van der Waals surface area contributed by atoms with Crippen molar-refractivity contribution in [2.75, 3.05) is 23.3 Å². The highest BCUT2D eigenvalue weighted by Crippen LogP contribution is 2.22. The molecule has 0 spiro atoms. The monoisotopic (exact) mass is 276 g/mol. The number of rotatable bonds is 5. The van der Waals surface area contributed by atoms with Gasteiger partial charge in [-0.25, -0.2) is 0 Å². The van der Waals surface area contributed by atoms with Crippen molar-refractivity contribution >= 4 is 23.2 Å². The SMILES string of the molecule is CCCNc1cncc(N2CC(=O)NC(=O)C2CC)c1. The van der Waals surface area contributed by atoms with E-state index in [4.69, 9.17) is 0 Å². The summed E-state index contributed by atoms with van der Waals surface area (Å²) in [5.74, 6) is -0.512. The Labute approximate surface area is 118 Å². The molecule has 1 atom stereocenters. The summed E-state index contributed by atoms with van der Waals surface area (Å²) >= 11 is 0. The van der Waals surface area contributed by atoms with Gasteiger partial charge in [-0.1, -0.05) is 13.8 Å². The second-order valence-corrected chi connectivity index (χ2v) is 4.82. The third kappa shape index (κ3) is 3.07. The lowest BCUT2D eigenvalue weighted by Gasteiger charge is -2.35. The van der Waals surface area contributed by atoms with Crippen molar-refractivity contribution in [2.24, 2.45) is 0 Å². The topological polar surface area (TPSA) is 74.3 Å². The summed E-state index contributed by atoms with van der Waals surface area (Å²) in [5, 5.41) is 5.63. The van der Waals surface area contributed by atoms with Crippen molar-refractivity contribution in [1.29, 1.82) is 0 Å². The Bertz CT molecular complexity index is 504. The maximum atomic E-state index is 11.9. The molecule has 6 nitrogen and oxygen atoms in total. The van der Waals surface area contributed by atoms with Gasteiger partial charge >= 0.3 is 0 Å². The lowest BCUT2D eigenvalue weighted by Crippen LogP contribution is -2.58. The van der Waals surface area contributed by atoms with Crippen LogP contribution in [0.25, 0.3) is 0 Å². The summed E-state index contributed by atoms with van der Waals surface area (Å²) in [6.07, 6.45) is 5.09. The summed E-state index contributed by atoms with van der Waals surface area (Å²) in [5.41, 5.74) is 1.69. The molecule has 2 amide bonds. The van der Waals surface area contributed by atoms with Gasteiger partial charge in [-0.15, -0.1) is 0 Å². The number of carbonyl (C=O) groups excluding carboxylic acids is 2. The van der Waals surface area contributed by atoms with Crippen molar-refractivity contribution in [2.45, 2.75) is 32.7 Å². The molecule has 1 unspecified atom stereocenters. The predicted octanol–water partition coefficient (Wildman–Crippen LogP) is 1.14. The number of nitrogens with zero attached hydrogens (tertiary/aromatic N) is 2. The average Bonchev–Trinajstić information content (AvgIpc) is 2.44. The molecule has 0 saturated carbocycles. The smallest absolute Gasteiger partial charge is 0.249 e. The van der Waals surface area contributed by atoms with E-state index >= 15 is 0 Å². The van der Waals surface area contributed by atoms with E-state index in [0.29, 0.717) is 6.42 Å². The number of hydrogen-bond acceptors (Lipinski definition) is 5. The summed E-state index contributed by atoms with van der Waals surface area (Å²) in [6, 6.07) is 1.60. The molecule has 1 aromatic heterocycles. The van der Waals surface area contributed by atoms with Gasteiger partial charge in [-0.05, 0) is 18.9 Å². The maximum Gasteiger partial charge on any atom is 0.249 e. The van der Waals surface area contributed by atoms with Gasteiger partial charge in [0.15, 0.2) is 0 Å². The van der Waals surface area contributed by atoms with Gasteiger partial charge in [0.25, 0.3) is 0 Å². The largest absolute Gasteiger partial charge is 0.384 e. The average molecular weight is 276 g/mol. The van der Waals surface area contributed by atoms with Crippen LogP contribution in [0.3, 0.4) is 0 Å². The van der Waals surface area contributed by atoms with Crippen LogP contribution < -0.4 is 15.5 Å². The zero-order valence-electron chi connectivity index (χ0n) is 11.8. The van der Waals surface area contributed by atoms with E-state index in [2.05, 4.69) is 22.5 Å². The summed E-state index contributed by atoms with van der Waals surface area (Å²) in [6.45, 7) is 5.07. The molecule has 1 saturated heterocycles. The van der Waals surface area contributed by atoms with Crippen molar-refractivity contribution in [1.82, 2.24) is 10.3 Å². The minimum absolute atomic E-state index is 0.184. The van der Waals surface area contributed by atoms with Crippen LogP contribution in [0.15, 0.2) is 18.5 Å². The number of amides is 2. The number of piperazine rings is 1. The van der Waals surface area contributed by atoms with Gasteiger partial charge in [-0.2, -0.15) is 0 Å². The Kier molecular flexibility index (Phi) is 4.55. The standard InChI is InChI=1S/C14H20N4O2/c1-3-5-16-10-6-11(8-15-7-10)18-9-13(19)17-14(20)12(18)4-2/h6-8,12,16H,3-5,9H2,1-2H3,(H,17,19,20). The molecule has 1 aromatic rings. The quantitative estimate of drug-likeness (QED) is 0.789. The zero-order valence-corrected chi connectivity index (χ0v) is 11.8. The van der Waals surface area contributed by atoms with Crippen LogP contribution in [0.2, 0.25) is 0 Å². The zero-order chi connectivity index (χ0) is 14.5. The number of nitrogens with one attached hydrogen (secondary N) is 2. The Hall–Kier alpha value is -2.11. The highest BCUT2D eigenvalue weighted by Gasteiger charge is 2.32. The molecule has 0 aliphatic carbocycles. The predicted molar refractivity (Wildman–Crippen MR) is 77.6 cm³/mol. The molecule has 2 heterocycles. The molecule has 6 heteroatoms. The van der Waals surface area contributed by atoms with Crippen LogP contribution >= 0.6 is 0 Å². The molecular formula is C14H20N4O2. The van der Waals surface area contributed by atoms with Gasteiger partial charge in [0.2, 0.25) is 11.8 Å². The molecule has 2 rings (SSSR count). The van der Waals surface area contributed by atoms with Crippen LogP contribution in [-0.4, -0.2) is 35.9 Å². The Morgan fingerprint density at radius 1 is 1.40 bits per heavy atom. The molecule has 0 bridgehead atoms. The Morgan fingerprint density at radius 3 is 2.90 bits per heavy atom. The second-order valence-electron chi connectivity index (χ2n) is 4.82. The van der Waals surface area contributed by atoms with Crippen LogP contribution in [-0.2, 0) is 9.59 Å². The van der Waals surface area contributed by atoms with Gasteiger partial charge < -0.3 is 10.2 Å². The van der Waals surface area contributed by atoms with E-state index < -0.39 is 0 Å². The van der Waals surface area contributed by atoms with E-state index in [0.717, 1.165) is 24.3 Å². The van der Waals surface area contributed by atoms with Crippen molar-refractivity contribution in [3.8, 4) is 0 Å². The first-order valence-corrected chi connectivity index (χ1v) is 6.95. The van der Waals surface area contributed by atoms with Gasteiger partial charge in [-0.3, -0.25) is 19.9 Å². The minimum atomic E-state index is -0.323. The summed E-state index contributed by atoms with van der Waals surface area (Å²) < 4.78 is 0. The van der Waals surface area contributed by atoms with E-state index in [1.165, 1.54) is 0 Å². The number of pyridine rings is 1. The van der Waals surface area contributed by atoms with Gasteiger partial charge in [0.1, 0.15) is 6.04 Å². The van der Waals surface area contributed by atoms with Crippen LogP contribution in [0.4, 0.5) is 11.4 Å². The maximum absolute atomic E-state index is 11.9. The van der Waals surface area contributed by atoms with Crippen molar-refractivity contribution in [3.05, 3.63) is 18.5 Å². The van der Waals surface area contributed by atoms with Gasteiger partial charge in [0.05, 0.1) is 30.3 Å². The molecule has 1 aliphatic heterocycles.